The van der Waals surface area contributed by atoms with Crippen molar-refractivity contribution in [2.75, 3.05) is 13.1 Å². The van der Waals surface area contributed by atoms with Gasteiger partial charge in [-0.3, -0.25) is 9.69 Å². The Morgan fingerprint density at radius 1 is 1.35 bits per heavy atom. The minimum absolute atomic E-state index is 0.00815. The summed E-state index contributed by atoms with van der Waals surface area (Å²) in [4.78, 5) is 12.7. The van der Waals surface area contributed by atoms with Gasteiger partial charge in [-0.15, -0.1) is 0 Å². The second-order valence-corrected chi connectivity index (χ2v) is 5.03. The predicted octanol–water partition coefficient (Wildman–Crippen LogP) is 2.58. The third-order valence-electron chi connectivity index (χ3n) is 3.13. The van der Waals surface area contributed by atoms with E-state index in [0.29, 0.717) is 12.5 Å². The number of ether oxygens (including phenoxy) is 1. The van der Waals surface area contributed by atoms with Crippen molar-refractivity contribution in [1.82, 2.24) is 4.90 Å². The average molecular weight is 285 g/mol. The Kier molecular flexibility index (Phi) is 4.89. The second kappa shape index (κ2) is 6.65. The number of hydrogen-bond donors (Lipinski definition) is 1. The molecule has 2 rings (SSSR count). The molecule has 0 bridgehead atoms. The molecule has 1 N–H and O–H groups in total. The molecule has 0 atom stereocenters. The van der Waals surface area contributed by atoms with E-state index in [9.17, 15) is 13.6 Å². The van der Waals surface area contributed by atoms with E-state index in [-0.39, 0.29) is 12.3 Å². The lowest BCUT2D eigenvalue weighted by molar-refractivity contribution is -0.138. The number of alkyl halides is 2. The highest BCUT2D eigenvalue weighted by Gasteiger charge is 2.25. The van der Waals surface area contributed by atoms with E-state index in [1.807, 2.05) is 4.90 Å². The van der Waals surface area contributed by atoms with Gasteiger partial charge in [-0.1, -0.05) is 12.1 Å². The number of carbonyl (C=O) groups is 1. The summed E-state index contributed by atoms with van der Waals surface area (Å²) >= 11 is 0. The van der Waals surface area contributed by atoms with Gasteiger partial charge in [-0.2, -0.15) is 8.78 Å². The molecule has 0 unspecified atom stereocenters. The molecule has 6 heteroatoms. The van der Waals surface area contributed by atoms with Crippen LogP contribution in [0.1, 0.15) is 18.4 Å². The van der Waals surface area contributed by atoms with Gasteiger partial charge in [0.2, 0.25) is 0 Å². The van der Waals surface area contributed by atoms with E-state index in [4.69, 9.17) is 5.11 Å². The van der Waals surface area contributed by atoms with Crippen LogP contribution in [-0.4, -0.2) is 35.7 Å². The maximum atomic E-state index is 12.0. The predicted molar refractivity (Wildman–Crippen MR) is 68.7 cm³/mol. The van der Waals surface area contributed by atoms with Crippen molar-refractivity contribution in [2.45, 2.75) is 26.0 Å². The van der Waals surface area contributed by atoms with Gasteiger partial charge in [0, 0.05) is 13.1 Å². The lowest BCUT2D eigenvalue weighted by Crippen LogP contribution is -2.31. The zero-order valence-corrected chi connectivity index (χ0v) is 11.0. The van der Waals surface area contributed by atoms with E-state index in [1.54, 1.807) is 12.1 Å². The van der Waals surface area contributed by atoms with E-state index >= 15 is 0 Å². The third kappa shape index (κ3) is 5.13. The van der Waals surface area contributed by atoms with Crippen LogP contribution < -0.4 is 4.74 Å². The van der Waals surface area contributed by atoms with Crippen LogP contribution in [0.15, 0.2) is 24.3 Å². The van der Waals surface area contributed by atoms with Crippen molar-refractivity contribution in [1.29, 1.82) is 0 Å². The lowest BCUT2D eigenvalue weighted by Gasteiger charge is -2.20. The van der Waals surface area contributed by atoms with Crippen LogP contribution in [-0.2, 0) is 11.3 Å². The van der Waals surface area contributed by atoms with Crippen LogP contribution in [0.25, 0.3) is 0 Å². The summed E-state index contributed by atoms with van der Waals surface area (Å²) in [7, 11) is 0. The number of carboxylic acids is 1. The molecule has 0 amide bonds. The Morgan fingerprint density at radius 2 is 2.00 bits per heavy atom. The number of benzene rings is 1. The molecule has 0 aliphatic heterocycles. The molecule has 1 aliphatic carbocycles. The van der Waals surface area contributed by atoms with Crippen molar-refractivity contribution in [3.05, 3.63) is 29.8 Å². The fraction of sp³-hybridized carbons (Fsp3) is 0.500. The van der Waals surface area contributed by atoms with Gasteiger partial charge >= 0.3 is 12.6 Å². The summed E-state index contributed by atoms with van der Waals surface area (Å²) in [6.07, 6.45) is 2.30. The summed E-state index contributed by atoms with van der Waals surface area (Å²) in [5.41, 5.74) is 0.883. The molecule has 0 saturated heterocycles. The monoisotopic (exact) mass is 285 g/mol. The first-order chi connectivity index (χ1) is 9.52. The number of aliphatic carboxylic acids is 1. The van der Waals surface area contributed by atoms with Crippen LogP contribution in [0.4, 0.5) is 8.78 Å². The minimum atomic E-state index is -2.83. The fourth-order valence-electron chi connectivity index (χ4n) is 2.08. The zero-order valence-electron chi connectivity index (χ0n) is 11.0. The van der Waals surface area contributed by atoms with E-state index in [0.717, 1.165) is 24.9 Å². The molecule has 0 spiro atoms. The Hall–Kier alpha value is -1.69. The van der Waals surface area contributed by atoms with Crippen LogP contribution in [0, 0.1) is 5.92 Å². The smallest absolute Gasteiger partial charge is 0.387 e. The number of hydrogen-bond acceptors (Lipinski definition) is 3. The SMILES string of the molecule is O=C(O)CN(Cc1ccc(OC(F)F)cc1)CC1CC1. The molecule has 1 aromatic carbocycles. The van der Waals surface area contributed by atoms with Crippen molar-refractivity contribution >= 4 is 5.97 Å². The molecule has 0 aromatic heterocycles. The van der Waals surface area contributed by atoms with Crippen LogP contribution in [0.2, 0.25) is 0 Å². The van der Waals surface area contributed by atoms with Crippen molar-refractivity contribution in [2.24, 2.45) is 5.92 Å². The molecular formula is C14H17F2NO3. The maximum absolute atomic E-state index is 12.0. The lowest BCUT2D eigenvalue weighted by atomic mass is 10.2. The number of rotatable bonds is 8. The largest absolute Gasteiger partial charge is 0.480 e. The van der Waals surface area contributed by atoms with Gasteiger partial charge in [0.05, 0.1) is 6.54 Å². The van der Waals surface area contributed by atoms with Gasteiger partial charge in [-0.25, -0.2) is 0 Å². The summed E-state index contributed by atoms with van der Waals surface area (Å²) < 4.78 is 28.3. The number of halogens is 2. The Bertz CT molecular complexity index is 446. The first-order valence-corrected chi connectivity index (χ1v) is 6.51. The first-order valence-electron chi connectivity index (χ1n) is 6.51. The molecule has 1 aromatic rings. The zero-order chi connectivity index (χ0) is 14.5. The van der Waals surface area contributed by atoms with E-state index in [2.05, 4.69) is 4.74 Å². The van der Waals surface area contributed by atoms with Gasteiger partial charge in [0.1, 0.15) is 5.75 Å². The van der Waals surface area contributed by atoms with E-state index in [1.165, 1.54) is 12.1 Å². The molecule has 20 heavy (non-hydrogen) atoms. The Balaban J connectivity index is 1.92. The first kappa shape index (κ1) is 14.7. The van der Waals surface area contributed by atoms with Crippen LogP contribution >= 0.6 is 0 Å². The van der Waals surface area contributed by atoms with Crippen LogP contribution in [0.5, 0.6) is 5.75 Å². The van der Waals surface area contributed by atoms with Crippen molar-refractivity contribution in [3.8, 4) is 5.75 Å². The number of carboxylic acid groups (broad SMARTS) is 1. The normalized spacial score (nSPS) is 14.8. The van der Waals surface area contributed by atoms with Gasteiger partial charge < -0.3 is 9.84 Å². The second-order valence-electron chi connectivity index (χ2n) is 5.03. The molecule has 1 saturated carbocycles. The molecule has 0 heterocycles. The standard InChI is InChI=1S/C14H17F2NO3/c15-14(16)20-12-5-3-11(4-6-12)8-17(9-13(18)19)7-10-1-2-10/h3-6,10,14H,1-2,7-9H2,(H,18,19). The molecule has 110 valence electrons. The van der Waals surface area contributed by atoms with Crippen molar-refractivity contribution in [3.63, 3.8) is 0 Å². The molecular weight excluding hydrogens is 268 g/mol. The number of nitrogens with zero attached hydrogens (tertiary/aromatic N) is 1. The fourth-order valence-corrected chi connectivity index (χ4v) is 2.08. The minimum Gasteiger partial charge on any atom is -0.480 e. The highest BCUT2D eigenvalue weighted by molar-refractivity contribution is 5.69. The summed E-state index contributed by atoms with van der Waals surface area (Å²) in [5, 5.41) is 8.89. The highest BCUT2D eigenvalue weighted by atomic mass is 19.3. The average Bonchev–Trinajstić information content (AvgIpc) is 3.14. The molecule has 0 radical (unpaired) electrons. The van der Waals surface area contributed by atoms with Gasteiger partial charge in [0.25, 0.3) is 0 Å². The third-order valence-corrected chi connectivity index (χ3v) is 3.13. The van der Waals surface area contributed by atoms with Gasteiger partial charge in [-0.05, 0) is 36.5 Å². The Morgan fingerprint density at radius 3 is 2.50 bits per heavy atom. The summed E-state index contributed by atoms with van der Waals surface area (Å²) in [6.45, 7) is -1.58. The Labute approximate surface area is 116 Å². The summed E-state index contributed by atoms with van der Waals surface area (Å²) in [6, 6.07) is 6.30. The molecule has 4 nitrogen and oxygen atoms in total. The quantitative estimate of drug-likeness (QED) is 0.797. The summed E-state index contributed by atoms with van der Waals surface area (Å²) in [5.74, 6) is -0.158. The molecule has 1 fully saturated rings. The van der Waals surface area contributed by atoms with E-state index < -0.39 is 12.6 Å². The topological polar surface area (TPSA) is 49.8 Å². The van der Waals surface area contributed by atoms with Crippen LogP contribution in [0.3, 0.4) is 0 Å². The van der Waals surface area contributed by atoms with Gasteiger partial charge in [0.15, 0.2) is 0 Å². The van der Waals surface area contributed by atoms with Crippen molar-refractivity contribution < 1.29 is 23.4 Å². The molecule has 1 aliphatic rings. The maximum Gasteiger partial charge on any atom is 0.387 e. The highest BCUT2D eigenvalue weighted by Crippen LogP contribution is 2.30.